The van der Waals surface area contributed by atoms with Gasteiger partial charge in [-0.15, -0.1) is 0 Å². The minimum absolute atomic E-state index is 0.261. The van der Waals surface area contributed by atoms with Crippen molar-refractivity contribution in [2.75, 3.05) is 5.32 Å². The van der Waals surface area contributed by atoms with Gasteiger partial charge >= 0.3 is 5.97 Å². The van der Waals surface area contributed by atoms with Crippen LogP contribution in [0.1, 0.15) is 49.2 Å². The summed E-state index contributed by atoms with van der Waals surface area (Å²) in [7, 11) is 0. The molecule has 0 amide bonds. The standard InChI is InChI=1S/C15H22N2O2/c1-9-4-10(2)6-12(5-9)17-14-7-11(3)16-8-13(14)15(18)19/h7-10,12H,4-6H2,1-3H3,(H,16,17)(H,18,19). The van der Waals surface area contributed by atoms with Gasteiger partial charge in [-0.3, -0.25) is 4.98 Å². The second-order valence-electron chi connectivity index (χ2n) is 5.94. The second-order valence-corrected chi connectivity index (χ2v) is 5.94. The molecular formula is C15H22N2O2. The van der Waals surface area contributed by atoms with E-state index in [0.29, 0.717) is 23.6 Å². The Kier molecular flexibility index (Phi) is 4.08. The number of hydrogen-bond acceptors (Lipinski definition) is 3. The summed E-state index contributed by atoms with van der Waals surface area (Å²) >= 11 is 0. The van der Waals surface area contributed by atoms with Gasteiger partial charge in [-0.2, -0.15) is 0 Å². The van der Waals surface area contributed by atoms with Crippen molar-refractivity contribution in [3.8, 4) is 0 Å². The van der Waals surface area contributed by atoms with E-state index in [0.717, 1.165) is 18.5 Å². The van der Waals surface area contributed by atoms with Crippen LogP contribution in [-0.4, -0.2) is 22.1 Å². The SMILES string of the molecule is Cc1cc(NC2CC(C)CC(C)C2)c(C(=O)O)cn1. The third-order valence-corrected chi connectivity index (χ3v) is 3.81. The van der Waals surface area contributed by atoms with Crippen LogP contribution < -0.4 is 5.32 Å². The number of nitrogens with zero attached hydrogens (tertiary/aromatic N) is 1. The molecular weight excluding hydrogens is 240 g/mol. The van der Waals surface area contributed by atoms with Crippen LogP contribution in [0, 0.1) is 18.8 Å². The number of aryl methyl sites for hydroxylation is 1. The predicted octanol–water partition coefficient (Wildman–Crippen LogP) is 3.32. The smallest absolute Gasteiger partial charge is 0.339 e. The quantitative estimate of drug-likeness (QED) is 0.877. The van der Waals surface area contributed by atoms with Crippen LogP contribution >= 0.6 is 0 Å². The van der Waals surface area contributed by atoms with Crippen molar-refractivity contribution in [2.45, 2.75) is 46.1 Å². The zero-order valence-electron chi connectivity index (χ0n) is 11.8. The number of hydrogen-bond donors (Lipinski definition) is 2. The molecule has 2 unspecified atom stereocenters. The van der Waals surface area contributed by atoms with Gasteiger partial charge in [0.05, 0.1) is 5.69 Å². The summed E-state index contributed by atoms with van der Waals surface area (Å²) in [6, 6.07) is 2.19. The molecule has 0 aliphatic heterocycles. The first-order valence-corrected chi connectivity index (χ1v) is 6.92. The molecule has 0 radical (unpaired) electrons. The van der Waals surface area contributed by atoms with Crippen molar-refractivity contribution in [3.05, 3.63) is 23.5 Å². The van der Waals surface area contributed by atoms with Crippen LogP contribution in [0.5, 0.6) is 0 Å². The first-order chi connectivity index (χ1) is 8.95. The fourth-order valence-electron chi connectivity index (χ4n) is 3.13. The summed E-state index contributed by atoms with van der Waals surface area (Å²) in [6.07, 6.45) is 4.91. The number of aromatic nitrogens is 1. The van der Waals surface area contributed by atoms with Crippen LogP contribution in [0.15, 0.2) is 12.3 Å². The Morgan fingerprint density at radius 1 is 1.32 bits per heavy atom. The lowest BCUT2D eigenvalue weighted by molar-refractivity contribution is 0.0697. The Labute approximate surface area is 114 Å². The van der Waals surface area contributed by atoms with Crippen LogP contribution in [0.25, 0.3) is 0 Å². The van der Waals surface area contributed by atoms with Gasteiger partial charge in [0.25, 0.3) is 0 Å². The van der Waals surface area contributed by atoms with Crippen molar-refractivity contribution < 1.29 is 9.90 Å². The molecule has 4 nitrogen and oxygen atoms in total. The molecule has 1 aromatic rings. The number of aromatic carboxylic acids is 1. The summed E-state index contributed by atoms with van der Waals surface area (Å²) in [5.74, 6) is 0.460. The molecule has 0 aromatic carbocycles. The monoisotopic (exact) mass is 262 g/mol. The minimum atomic E-state index is -0.924. The average Bonchev–Trinajstić information content (AvgIpc) is 2.26. The molecule has 0 spiro atoms. The molecule has 1 heterocycles. The molecule has 1 saturated carbocycles. The Bertz CT molecular complexity index is 463. The van der Waals surface area contributed by atoms with Crippen LogP contribution in [0.3, 0.4) is 0 Å². The second kappa shape index (κ2) is 5.59. The van der Waals surface area contributed by atoms with Gasteiger partial charge in [-0.25, -0.2) is 4.79 Å². The molecule has 1 aromatic heterocycles. The maximum absolute atomic E-state index is 11.2. The number of pyridine rings is 1. The third kappa shape index (κ3) is 3.46. The zero-order valence-corrected chi connectivity index (χ0v) is 11.8. The normalized spacial score (nSPS) is 27.0. The molecule has 4 heteroatoms. The number of anilines is 1. The predicted molar refractivity (Wildman–Crippen MR) is 75.5 cm³/mol. The highest BCUT2D eigenvalue weighted by Gasteiger charge is 2.25. The fraction of sp³-hybridized carbons (Fsp3) is 0.600. The Hall–Kier alpha value is -1.58. The van der Waals surface area contributed by atoms with E-state index in [4.69, 9.17) is 0 Å². The number of rotatable bonds is 3. The number of carbonyl (C=O) groups is 1. The van der Waals surface area contributed by atoms with Gasteiger partial charge in [0, 0.05) is 17.9 Å². The number of carboxylic acids is 1. The van der Waals surface area contributed by atoms with Crippen molar-refractivity contribution in [1.82, 2.24) is 4.98 Å². The lowest BCUT2D eigenvalue weighted by Gasteiger charge is -2.32. The van der Waals surface area contributed by atoms with Gasteiger partial charge in [0.15, 0.2) is 0 Å². The van der Waals surface area contributed by atoms with Gasteiger partial charge in [0.1, 0.15) is 5.56 Å². The molecule has 1 fully saturated rings. The minimum Gasteiger partial charge on any atom is -0.478 e. The largest absolute Gasteiger partial charge is 0.478 e. The molecule has 0 saturated heterocycles. The fourth-order valence-corrected chi connectivity index (χ4v) is 3.13. The molecule has 2 atom stereocenters. The Morgan fingerprint density at radius 2 is 1.95 bits per heavy atom. The molecule has 1 aliphatic carbocycles. The van der Waals surface area contributed by atoms with Crippen molar-refractivity contribution in [1.29, 1.82) is 0 Å². The Balaban J connectivity index is 2.18. The highest BCUT2D eigenvalue weighted by atomic mass is 16.4. The van der Waals surface area contributed by atoms with Crippen LogP contribution in [-0.2, 0) is 0 Å². The summed E-state index contributed by atoms with van der Waals surface area (Å²) in [5.41, 5.74) is 1.80. The van der Waals surface area contributed by atoms with Crippen molar-refractivity contribution in [2.24, 2.45) is 11.8 Å². The van der Waals surface area contributed by atoms with Gasteiger partial charge in [0.2, 0.25) is 0 Å². The van der Waals surface area contributed by atoms with Gasteiger partial charge in [-0.05, 0) is 44.1 Å². The molecule has 104 valence electrons. The van der Waals surface area contributed by atoms with E-state index in [1.165, 1.54) is 12.6 Å². The topological polar surface area (TPSA) is 62.2 Å². The summed E-state index contributed by atoms with van der Waals surface area (Å²) in [5, 5.41) is 12.6. The number of carboxylic acid groups (broad SMARTS) is 1. The molecule has 0 bridgehead atoms. The maximum Gasteiger partial charge on any atom is 0.339 e. The van der Waals surface area contributed by atoms with Gasteiger partial charge in [-0.1, -0.05) is 13.8 Å². The summed E-state index contributed by atoms with van der Waals surface area (Å²) < 4.78 is 0. The van der Waals surface area contributed by atoms with Crippen molar-refractivity contribution >= 4 is 11.7 Å². The van der Waals surface area contributed by atoms with Crippen molar-refractivity contribution in [3.63, 3.8) is 0 Å². The molecule has 2 rings (SSSR count). The van der Waals surface area contributed by atoms with E-state index in [1.807, 2.05) is 13.0 Å². The highest BCUT2D eigenvalue weighted by molar-refractivity contribution is 5.93. The molecule has 19 heavy (non-hydrogen) atoms. The van der Waals surface area contributed by atoms with E-state index < -0.39 is 5.97 Å². The summed E-state index contributed by atoms with van der Waals surface area (Å²) in [4.78, 5) is 15.3. The van der Waals surface area contributed by atoms with E-state index >= 15 is 0 Å². The van der Waals surface area contributed by atoms with Gasteiger partial charge < -0.3 is 10.4 Å². The average molecular weight is 262 g/mol. The first kappa shape index (κ1) is 13.8. The Morgan fingerprint density at radius 3 is 2.53 bits per heavy atom. The van der Waals surface area contributed by atoms with E-state index in [2.05, 4.69) is 24.1 Å². The van der Waals surface area contributed by atoms with Crippen LogP contribution in [0.2, 0.25) is 0 Å². The zero-order chi connectivity index (χ0) is 14.0. The van der Waals surface area contributed by atoms with Crippen LogP contribution in [0.4, 0.5) is 5.69 Å². The highest BCUT2D eigenvalue weighted by Crippen LogP contribution is 2.31. The van der Waals surface area contributed by atoms with E-state index in [-0.39, 0.29) is 5.56 Å². The van der Waals surface area contributed by atoms with E-state index in [9.17, 15) is 9.90 Å². The molecule has 2 N–H and O–H groups in total. The number of nitrogens with one attached hydrogen (secondary N) is 1. The lowest BCUT2D eigenvalue weighted by atomic mass is 9.80. The lowest BCUT2D eigenvalue weighted by Crippen LogP contribution is -2.30. The maximum atomic E-state index is 11.2. The summed E-state index contributed by atoms with van der Waals surface area (Å²) in [6.45, 7) is 6.41. The third-order valence-electron chi connectivity index (χ3n) is 3.81. The van der Waals surface area contributed by atoms with E-state index in [1.54, 1.807) is 0 Å². The molecule has 1 aliphatic rings. The first-order valence-electron chi connectivity index (χ1n) is 6.92.